The van der Waals surface area contributed by atoms with E-state index in [1.165, 1.54) is 16.8 Å². The summed E-state index contributed by atoms with van der Waals surface area (Å²) in [6.45, 7) is 4.18. The van der Waals surface area contributed by atoms with Gasteiger partial charge in [-0.25, -0.2) is 0 Å². The summed E-state index contributed by atoms with van der Waals surface area (Å²) in [6.07, 6.45) is 2.00. The standard InChI is InChI=1S/C19H19N3/c1-2-7-17(8-3-1)21-10-12-22(13-11-21)18-14-16-6-4-5-9-19(16)20-15-18/h1-9,14-15H,10-13H2. The van der Waals surface area contributed by atoms with E-state index in [0.29, 0.717) is 0 Å². The van der Waals surface area contributed by atoms with Crippen molar-refractivity contribution in [3.63, 3.8) is 0 Å². The molecule has 3 heteroatoms. The first-order valence-electron chi connectivity index (χ1n) is 7.80. The summed E-state index contributed by atoms with van der Waals surface area (Å²) in [7, 11) is 0. The van der Waals surface area contributed by atoms with Gasteiger partial charge in [-0.05, 0) is 24.3 Å². The third-order valence-corrected chi connectivity index (χ3v) is 4.34. The lowest BCUT2D eigenvalue weighted by atomic mass is 10.2. The summed E-state index contributed by atoms with van der Waals surface area (Å²) < 4.78 is 0. The summed E-state index contributed by atoms with van der Waals surface area (Å²) in [6, 6.07) is 21.2. The third-order valence-electron chi connectivity index (χ3n) is 4.34. The zero-order chi connectivity index (χ0) is 14.8. The number of pyridine rings is 1. The van der Waals surface area contributed by atoms with E-state index in [1.807, 2.05) is 12.3 Å². The van der Waals surface area contributed by atoms with Gasteiger partial charge in [0.2, 0.25) is 0 Å². The van der Waals surface area contributed by atoms with Gasteiger partial charge in [0.25, 0.3) is 0 Å². The molecule has 0 N–H and O–H groups in total. The summed E-state index contributed by atoms with van der Waals surface area (Å²) in [5.74, 6) is 0. The normalized spacial score (nSPS) is 15.3. The van der Waals surface area contributed by atoms with Crippen LogP contribution in [0.4, 0.5) is 11.4 Å². The van der Waals surface area contributed by atoms with Crippen LogP contribution in [0.3, 0.4) is 0 Å². The minimum Gasteiger partial charge on any atom is -0.368 e. The number of nitrogens with zero attached hydrogens (tertiary/aromatic N) is 3. The highest BCUT2D eigenvalue weighted by atomic mass is 15.3. The lowest BCUT2D eigenvalue weighted by molar-refractivity contribution is 0.653. The number of piperazine rings is 1. The summed E-state index contributed by atoms with van der Waals surface area (Å²) in [5.41, 5.74) is 3.61. The highest BCUT2D eigenvalue weighted by Gasteiger charge is 2.17. The molecule has 0 spiro atoms. The average Bonchev–Trinajstić information content (AvgIpc) is 2.62. The van der Waals surface area contributed by atoms with Gasteiger partial charge in [-0.15, -0.1) is 0 Å². The molecule has 0 saturated carbocycles. The van der Waals surface area contributed by atoms with Crippen molar-refractivity contribution in [3.05, 3.63) is 66.9 Å². The smallest absolute Gasteiger partial charge is 0.0703 e. The molecular formula is C19H19N3. The Morgan fingerprint density at radius 2 is 1.32 bits per heavy atom. The predicted molar refractivity (Wildman–Crippen MR) is 92.6 cm³/mol. The van der Waals surface area contributed by atoms with Crippen LogP contribution in [0.25, 0.3) is 10.9 Å². The van der Waals surface area contributed by atoms with E-state index >= 15 is 0 Å². The number of anilines is 2. The molecule has 1 aromatic heterocycles. The van der Waals surface area contributed by atoms with Gasteiger partial charge in [-0.3, -0.25) is 4.98 Å². The Morgan fingerprint density at radius 3 is 2.09 bits per heavy atom. The van der Waals surface area contributed by atoms with Crippen LogP contribution < -0.4 is 9.80 Å². The Hall–Kier alpha value is -2.55. The van der Waals surface area contributed by atoms with E-state index in [1.54, 1.807) is 0 Å². The summed E-state index contributed by atoms with van der Waals surface area (Å²) in [4.78, 5) is 9.46. The summed E-state index contributed by atoms with van der Waals surface area (Å²) in [5, 5.41) is 1.21. The highest BCUT2D eigenvalue weighted by molar-refractivity contribution is 5.81. The van der Waals surface area contributed by atoms with Crippen molar-refractivity contribution in [2.24, 2.45) is 0 Å². The first-order chi connectivity index (χ1) is 10.9. The largest absolute Gasteiger partial charge is 0.368 e. The number of hydrogen-bond acceptors (Lipinski definition) is 3. The van der Waals surface area contributed by atoms with E-state index in [9.17, 15) is 0 Å². The number of rotatable bonds is 2. The lowest BCUT2D eigenvalue weighted by Crippen LogP contribution is -2.46. The lowest BCUT2D eigenvalue weighted by Gasteiger charge is -2.37. The van der Waals surface area contributed by atoms with E-state index in [2.05, 4.69) is 69.4 Å². The monoisotopic (exact) mass is 289 g/mol. The van der Waals surface area contributed by atoms with Crippen LogP contribution in [0.5, 0.6) is 0 Å². The molecule has 1 fully saturated rings. The minimum atomic E-state index is 1.04. The molecule has 0 bridgehead atoms. The van der Waals surface area contributed by atoms with Crippen LogP contribution in [0.2, 0.25) is 0 Å². The maximum atomic E-state index is 4.58. The molecule has 1 aliphatic heterocycles. The number of benzene rings is 2. The van der Waals surface area contributed by atoms with Crippen molar-refractivity contribution in [2.45, 2.75) is 0 Å². The van der Waals surface area contributed by atoms with Gasteiger partial charge in [0.15, 0.2) is 0 Å². The molecule has 110 valence electrons. The van der Waals surface area contributed by atoms with Crippen molar-refractivity contribution in [1.29, 1.82) is 0 Å². The zero-order valence-corrected chi connectivity index (χ0v) is 12.5. The van der Waals surface area contributed by atoms with Crippen molar-refractivity contribution in [1.82, 2.24) is 4.98 Å². The Bertz CT molecular complexity index is 762. The number of aromatic nitrogens is 1. The topological polar surface area (TPSA) is 19.4 Å². The molecule has 22 heavy (non-hydrogen) atoms. The van der Waals surface area contributed by atoms with E-state index < -0.39 is 0 Å². The van der Waals surface area contributed by atoms with Crippen molar-refractivity contribution in [3.8, 4) is 0 Å². The third kappa shape index (κ3) is 2.50. The zero-order valence-electron chi connectivity index (χ0n) is 12.5. The molecule has 3 aromatic rings. The van der Waals surface area contributed by atoms with E-state index in [-0.39, 0.29) is 0 Å². The van der Waals surface area contributed by atoms with Gasteiger partial charge in [-0.2, -0.15) is 0 Å². The van der Waals surface area contributed by atoms with Crippen molar-refractivity contribution < 1.29 is 0 Å². The minimum absolute atomic E-state index is 1.04. The molecule has 4 rings (SSSR count). The highest BCUT2D eigenvalue weighted by Crippen LogP contribution is 2.22. The Labute approximate surface area is 130 Å². The number of fused-ring (bicyclic) bond motifs is 1. The Morgan fingerprint density at radius 1 is 0.682 bits per heavy atom. The molecule has 0 atom stereocenters. The second kappa shape index (κ2) is 5.68. The maximum Gasteiger partial charge on any atom is 0.0703 e. The van der Waals surface area contributed by atoms with Gasteiger partial charge in [0, 0.05) is 37.3 Å². The van der Waals surface area contributed by atoms with Crippen LogP contribution in [0.15, 0.2) is 66.9 Å². The molecule has 1 saturated heterocycles. The molecule has 1 aliphatic rings. The average molecular weight is 289 g/mol. The second-order valence-corrected chi connectivity index (χ2v) is 5.70. The van der Waals surface area contributed by atoms with E-state index in [4.69, 9.17) is 0 Å². The number of hydrogen-bond donors (Lipinski definition) is 0. The maximum absolute atomic E-state index is 4.58. The predicted octanol–water partition coefficient (Wildman–Crippen LogP) is 3.56. The quantitative estimate of drug-likeness (QED) is 0.719. The Balaban J connectivity index is 1.50. The van der Waals surface area contributed by atoms with E-state index in [0.717, 1.165) is 31.7 Å². The fraction of sp³-hybridized carbons (Fsp3) is 0.211. The van der Waals surface area contributed by atoms with Crippen LogP contribution >= 0.6 is 0 Å². The molecule has 0 unspecified atom stereocenters. The first kappa shape index (κ1) is 13.1. The molecule has 0 aliphatic carbocycles. The second-order valence-electron chi connectivity index (χ2n) is 5.70. The molecule has 2 heterocycles. The van der Waals surface area contributed by atoms with Crippen LogP contribution in [-0.2, 0) is 0 Å². The van der Waals surface area contributed by atoms with Crippen LogP contribution in [-0.4, -0.2) is 31.2 Å². The Kier molecular flexibility index (Phi) is 3.39. The van der Waals surface area contributed by atoms with Crippen molar-refractivity contribution >= 4 is 22.3 Å². The van der Waals surface area contributed by atoms with Crippen LogP contribution in [0.1, 0.15) is 0 Å². The van der Waals surface area contributed by atoms with Crippen molar-refractivity contribution in [2.75, 3.05) is 36.0 Å². The number of para-hydroxylation sites is 2. The molecule has 0 radical (unpaired) electrons. The van der Waals surface area contributed by atoms with Crippen LogP contribution in [0, 0.1) is 0 Å². The van der Waals surface area contributed by atoms with Gasteiger partial charge < -0.3 is 9.80 Å². The summed E-state index contributed by atoms with van der Waals surface area (Å²) >= 11 is 0. The molecular weight excluding hydrogens is 270 g/mol. The first-order valence-corrected chi connectivity index (χ1v) is 7.80. The fourth-order valence-corrected chi connectivity index (χ4v) is 3.09. The molecule has 3 nitrogen and oxygen atoms in total. The fourth-order valence-electron chi connectivity index (χ4n) is 3.09. The van der Waals surface area contributed by atoms with Gasteiger partial charge in [-0.1, -0.05) is 36.4 Å². The molecule has 0 amide bonds. The molecule has 2 aromatic carbocycles. The van der Waals surface area contributed by atoms with Gasteiger partial charge in [0.1, 0.15) is 0 Å². The van der Waals surface area contributed by atoms with Gasteiger partial charge >= 0.3 is 0 Å². The van der Waals surface area contributed by atoms with Gasteiger partial charge in [0.05, 0.1) is 17.4 Å². The SMILES string of the molecule is c1ccc(N2CCN(c3cnc4ccccc4c3)CC2)cc1.